The summed E-state index contributed by atoms with van der Waals surface area (Å²) in [6.07, 6.45) is 0. The van der Waals surface area contributed by atoms with Gasteiger partial charge < -0.3 is 0 Å². The van der Waals surface area contributed by atoms with E-state index in [0.717, 1.165) is 5.75 Å². The molecule has 0 aliphatic carbocycles. The standard InChI is InChI=1S/C10H12O2S2Se/c1-6(2)7-4-5-8(12-3)10-9(7)13-14(11)15-10/h4-6H,1-3H3. The molecular weight excluding hydrogens is 295 g/mol. The molecule has 0 amide bonds. The molecular formula is C10H12O2S2Se. The third-order valence-electron chi connectivity index (χ3n) is 2.25. The van der Waals surface area contributed by atoms with Crippen LogP contribution in [0.2, 0.25) is 0 Å². The van der Waals surface area contributed by atoms with Crippen LogP contribution in [0.25, 0.3) is 0 Å². The molecule has 15 heavy (non-hydrogen) atoms. The van der Waals surface area contributed by atoms with Crippen molar-refractivity contribution in [2.75, 3.05) is 7.11 Å². The van der Waals surface area contributed by atoms with Crippen LogP contribution in [0.3, 0.4) is 0 Å². The van der Waals surface area contributed by atoms with E-state index in [1.165, 1.54) is 25.7 Å². The van der Waals surface area contributed by atoms with Gasteiger partial charge in [-0.3, -0.25) is 0 Å². The van der Waals surface area contributed by atoms with E-state index in [1.54, 1.807) is 7.11 Å². The Morgan fingerprint density at radius 2 is 2.20 bits per heavy atom. The molecule has 0 bridgehead atoms. The Bertz CT molecular complexity index is 418. The first-order valence-corrected chi connectivity index (χ1v) is 9.99. The summed E-state index contributed by atoms with van der Waals surface area (Å²) in [6, 6.07) is 4.09. The van der Waals surface area contributed by atoms with Gasteiger partial charge in [0.25, 0.3) is 0 Å². The van der Waals surface area contributed by atoms with E-state index in [4.69, 9.17) is 4.74 Å². The second kappa shape index (κ2) is 4.50. The molecule has 5 heteroatoms. The van der Waals surface area contributed by atoms with Crippen molar-refractivity contribution in [2.24, 2.45) is 0 Å². The quantitative estimate of drug-likeness (QED) is 0.616. The zero-order valence-corrected chi connectivity index (χ0v) is 12.1. The van der Waals surface area contributed by atoms with Crippen LogP contribution >= 0.6 is 10.8 Å². The molecule has 1 aliphatic rings. The summed E-state index contributed by atoms with van der Waals surface area (Å²) in [7, 11) is 2.41. The summed E-state index contributed by atoms with van der Waals surface area (Å²) in [5.74, 6) is 1.37. The minimum absolute atomic E-state index is 0.0379. The predicted molar refractivity (Wildman–Crippen MR) is 66.5 cm³/mol. The van der Waals surface area contributed by atoms with Gasteiger partial charge in [-0.25, -0.2) is 0 Å². The Morgan fingerprint density at radius 3 is 2.80 bits per heavy atom. The molecule has 2 nitrogen and oxygen atoms in total. The second-order valence-corrected chi connectivity index (χ2v) is 11.3. The molecule has 0 aromatic heterocycles. The van der Waals surface area contributed by atoms with E-state index < -0.39 is 8.25 Å². The van der Waals surface area contributed by atoms with E-state index >= 15 is 0 Å². The average Bonchev–Trinajstić information content (AvgIpc) is 2.56. The van der Waals surface area contributed by atoms with E-state index in [0.29, 0.717) is 5.92 Å². The number of methoxy groups -OCH3 is 1. The molecule has 1 heterocycles. The summed E-state index contributed by atoms with van der Waals surface area (Å²) in [5, 5.41) is 0. The predicted octanol–water partition coefficient (Wildman–Crippen LogP) is 1.83. The van der Waals surface area contributed by atoms with Gasteiger partial charge in [0.05, 0.1) is 0 Å². The zero-order valence-electron chi connectivity index (χ0n) is 8.77. The van der Waals surface area contributed by atoms with Crippen LogP contribution in [-0.2, 0) is 8.25 Å². The third-order valence-corrected chi connectivity index (χ3v) is 9.60. The summed E-state index contributed by atoms with van der Waals surface area (Å²) < 4.78 is 18.1. The van der Waals surface area contributed by atoms with Gasteiger partial charge in [-0.05, 0) is 0 Å². The van der Waals surface area contributed by atoms with Crippen molar-refractivity contribution in [1.82, 2.24) is 0 Å². The summed E-state index contributed by atoms with van der Waals surface area (Å²) in [5.41, 5.74) is 1.29. The fourth-order valence-corrected chi connectivity index (χ4v) is 10.1. The normalized spacial score (nSPS) is 19.3. The molecule has 0 saturated carbocycles. The van der Waals surface area contributed by atoms with Crippen molar-refractivity contribution in [1.29, 1.82) is 0 Å². The minimum atomic E-state index is -0.759. The topological polar surface area (TPSA) is 26.3 Å². The number of fused-ring (bicyclic) bond motifs is 1. The number of rotatable bonds is 2. The van der Waals surface area contributed by atoms with Crippen molar-refractivity contribution < 1.29 is 8.95 Å². The van der Waals surface area contributed by atoms with Crippen molar-refractivity contribution in [3.63, 3.8) is 0 Å². The van der Waals surface area contributed by atoms with E-state index in [1.807, 2.05) is 6.07 Å². The molecule has 82 valence electrons. The van der Waals surface area contributed by atoms with Crippen LogP contribution in [-0.4, -0.2) is 25.2 Å². The molecule has 1 aromatic rings. The van der Waals surface area contributed by atoms with Gasteiger partial charge in [0.15, 0.2) is 0 Å². The first-order chi connectivity index (χ1) is 7.13. The van der Waals surface area contributed by atoms with Gasteiger partial charge in [0, 0.05) is 0 Å². The Balaban J connectivity index is 2.56. The maximum atomic E-state index is 11.6. The van der Waals surface area contributed by atoms with E-state index in [9.17, 15) is 4.21 Å². The van der Waals surface area contributed by atoms with Crippen LogP contribution in [0.4, 0.5) is 0 Å². The molecule has 1 unspecified atom stereocenters. The Kier molecular flexibility index (Phi) is 3.45. The first-order valence-electron chi connectivity index (χ1n) is 4.62. The fourth-order valence-electron chi connectivity index (χ4n) is 1.49. The summed E-state index contributed by atoms with van der Waals surface area (Å²) >= 11 is 0.0379. The van der Waals surface area contributed by atoms with Crippen LogP contribution in [0.15, 0.2) is 17.0 Å². The number of benzene rings is 1. The number of hydrogen-bond acceptors (Lipinski definition) is 3. The molecule has 0 N–H and O–H groups in total. The Morgan fingerprint density at radius 1 is 1.47 bits per heavy atom. The molecule has 0 spiro atoms. The molecule has 1 aromatic carbocycles. The van der Waals surface area contributed by atoms with Gasteiger partial charge in [-0.15, -0.1) is 0 Å². The van der Waals surface area contributed by atoms with Crippen molar-refractivity contribution in [2.45, 2.75) is 24.7 Å². The first kappa shape index (κ1) is 11.5. The van der Waals surface area contributed by atoms with Gasteiger partial charge in [0.2, 0.25) is 0 Å². The summed E-state index contributed by atoms with van der Waals surface area (Å²) in [4.78, 5) is 1.20. The van der Waals surface area contributed by atoms with Crippen LogP contribution < -0.4 is 9.20 Å². The van der Waals surface area contributed by atoms with Gasteiger partial charge in [-0.2, -0.15) is 0 Å². The van der Waals surface area contributed by atoms with Crippen molar-refractivity contribution >= 4 is 37.3 Å². The summed E-state index contributed by atoms with van der Waals surface area (Å²) in [6.45, 7) is 4.33. The number of ether oxygens (including phenoxy) is 1. The van der Waals surface area contributed by atoms with E-state index in [-0.39, 0.29) is 13.8 Å². The van der Waals surface area contributed by atoms with Crippen LogP contribution in [0, 0.1) is 0 Å². The SMILES string of the molecule is COc1ccc(C(C)C)c2c1[Se]S(=O)S2. The average molecular weight is 307 g/mol. The van der Waals surface area contributed by atoms with Gasteiger partial charge in [0.1, 0.15) is 0 Å². The van der Waals surface area contributed by atoms with Gasteiger partial charge >= 0.3 is 102 Å². The molecule has 0 saturated heterocycles. The second-order valence-electron chi connectivity index (χ2n) is 3.54. The molecule has 2 rings (SSSR count). The van der Waals surface area contributed by atoms with Crippen LogP contribution in [0.5, 0.6) is 5.75 Å². The molecule has 0 fully saturated rings. The van der Waals surface area contributed by atoms with Crippen LogP contribution in [0.1, 0.15) is 25.3 Å². The molecule has 1 atom stereocenters. The maximum absolute atomic E-state index is 11.6. The molecule has 0 radical (unpaired) electrons. The van der Waals surface area contributed by atoms with Crippen molar-refractivity contribution in [3.8, 4) is 5.75 Å². The Hall–Kier alpha value is 0.0395. The fraction of sp³-hybridized carbons (Fsp3) is 0.400. The Labute approximate surface area is 101 Å². The molecule has 1 aliphatic heterocycles. The zero-order chi connectivity index (χ0) is 11.0. The van der Waals surface area contributed by atoms with Crippen molar-refractivity contribution in [3.05, 3.63) is 17.7 Å². The number of hydrogen-bond donors (Lipinski definition) is 0. The monoisotopic (exact) mass is 308 g/mol. The third kappa shape index (κ3) is 2.11. The van der Waals surface area contributed by atoms with Gasteiger partial charge in [-0.1, -0.05) is 0 Å². The van der Waals surface area contributed by atoms with E-state index in [2.05, 4.69) is 19.9 Å².